The lowest BCUT2D eigenvalue weighted by molar-refractivity contribution is 0.878. The van der Waals surface area contributed by atoms with Gasteiger partial charge in [0.05, 0.1) is 17.6 Å². The summed E-state index contributed by atoms with van der Waals surface area (Å²) in [5, 5.41) is 13.1. The van der Waals surface area contributed by atoms with Crippen molar-refractivity contribution in [1.29, 1.82) is 0 Å². The highest BCUT2D eigenvalue weighted by molar-refractivity contribution is 5.78. The Morgan fingerprint density at radius 3 is 2.24 bits per heavy atom. The van der Waals surface area contributed by atoms with E-state index in [9.17, 15) is 4.79 Å². The molecule has 0 bridgehead atoms. The fourth-order valence-electron chi connectivity index (χ4n) is 3.03. The van der Waals surface area contributed by atoms with Crippen LogP contribution in [-0.4, -0.2) is 28.9 Å². The van der Waals surface area contributed by atoms with E-state index in [2.05, 4.69) is 15.3 Å². The Balaban J connectivity index is 1.94. The number of hydrogen-bond acceptors (Lipinski definition) is 4. The van der Waals surface area contributed by atoms with Gasteiger partial charge >= 0.3 is 0 Å². The van der Waals surface area contributed by atoms with E-state index in [0.29, 0.717) is 16.8 Å². The van der Waals surface area contributed by atoms with Crippen LogP contribution in [-0.2, 0) is 0 Å². The number of nitrogens with zero attached hydrogens (tertiary/aromatic N) is 6. The first-order valence-electron chi connectivity index (χ1n) is 7.78. The van der Waals surface area contributed by atoms with Crippen molar-refractivity contribution in [3.05, 3.63) is 83.5 Å². The van der Waals surface area contributed by atoms with Crippen molar-refractivity contribution >= 4 is 16.8 Å². The average molecular weight is 328 g/mol. The molecule has 0 amide bonds. The van der Waals surface area contributed by atoms with Gasteiger partial charge in [-0.1, -0.05) is 36.4 Å². The van der Waals surface area contributed by atoms with E-state index >= 15 is 0 Å². The summed E-state index contributed by atoms with van der Waals surface area (Å²) in [5.74, 6) is 0.446. The zero-order valence-corrected chi connectivity index (χ0v) is 13.0. The Kier molecular flexibility index (Phi) is 2.81. The third kappa shape index (κ3) is 1.92. The third-order valence-corrected chi connectivity index (χ3v) is 4.15. The number of rotatable bonds is 2. The highest BCUT2D eigenvalue weighted by atomic mass is 16.1. The van der Waals surface area contributed by atoms with Crippen molar-refractivity contribution < 1.29 is 0 Å². The molecule has 5 rings (SSSR count). The molecular formula is C18H12N6O. The second-order valence-corrected chi connectivity index (χ2v) is 5.61. The maximum atomic E-state index is 13.1. The van der Waals surface area contributed by atoms with Crippen LogP contribution in [0.1, 0.15) is 0 Å². The van der Waals surface area contributed by atoms with Crippen LogP contribution in [0, 0.1) is 0 Å². The van der Waals surface area contributed by atoms with E-state index in [1.807, 2.05) is 60.7 Å². The van der Waals surface area contributed by atoms with Crippen LogP contribution >= 0.6 is 0 Å². The fraction of sp³-hybridized carbons (Fsp3) is 0. The molecule has 0 unspecified atom stereocenters. The van der Waals surface area contributed by atoms with Gasteiger partial charge in [-0.3, -0.25) is 4.79 Å². The molecule has 0 aliphatic rings. The molecule has 3 aromatic heterocycles. The van der Waals surface area contributed by atoms with Gasteiger partial charge < -0.3 is 0 Å². The van der Waals surface area contributed by atoms with Crippen molar-refractivity contribution in [2.24, 2.45) is 0 Å². The largest absolute Gasteiger partial charge is 0.270 e. The second kappa shape index (κ2) is 5.13. The van der Waals surface area contributed by atoms with Crippen molar-refractivity contribution in [2.75, 3.05) is 0 Å². The molecule has 5 aromatic rings. The molecule has 0 N–H and O–H groups in total. The SMILES string of the molecule is O=c1c2cnn(-c3ccccc3)c2n2cnnc2n1-c1ccccc1. The minimum absolute atomic E-state index is 0.177. The number of para-hydroxylation sites is 2. The minimum Gasteiger partial charge on any atom is -0.268 e. The number of benzene rings is 2. The summed E-state index contributed by atoms with van der Waals surface area (Å²) in [6.07, 6.45) is 3.18. The van der Waals surface area contributed by atoms with Gasteiger partial charge in [-0.15, -0.1) is 10.2 Å². The lowest BCUT2D eigenvalue weighted by Crippen LogP contribution is -2.21. The molecule has 7 nitrogen and oxygen atoms in total. The van der Waals surface area contributed by atoms with Gasteiger partial charge in [-0.25, -0.2) is 13.6 Å². The van der Waals surface area contributed by atoms with Crippen LogP contribution in [0.25, 0.3) is 28.2 Å². The van der Waals surface area contributed by atoms with Crippen molar-refractivity contribution in [2.45, 2.75) is 0 Å². The Hall–Kier alpha value is -3.74. The van der Waals surface area contributed by atoms with Crippen LogP contribution < -0.4 is 5.56 Å². The van der Waals surface area contributed by atoms with Gasteiger partial charge in [0.1, 0.15) is 11.7 Å². The van der Waals surface area contributed by atoms with Gasteiger partial charge in [-0.2, -0.15) is 5.10 Å². The molecule has 25 heavy (non-hydrogen) atoms. The molecule has 0 fully saturated rings. The topological polar surface area (TPSA) is 70.0 Å². The first-order chi connectivity index (χ1) is 12.3. The number of hydrogen-bond donors (Lipinski definition) is 0. The Labute approximate surface area is 141 Å². The highest BCUT2D eigenvalue weighted by Crippen LogP contribution is 2.18. The van der Waals surface area contributed by atoms with Crippen molar-refractivity contribution in [3.63, 3.8) is 0 Å². The standard InChI is InChI=1S/C18H12N6O/c25-17-15-11-20-24(14-9-5-2-6-10-14)16(15)22-12-19-21-18(22)23(17)13-7-3-1-4-8-13/h1-12H. The monoisotopic (exact) mass is 328 g/mol. The lowest BCUT2D eigenvalue weighted by atomic mass is 10.3. The van der Waals surface area contributed by atoms with E-state index in [4.69, 9.17) is 0 Å². The van der Waals surface area contributed by atoms with E-state index < -0.39 is 0 Å². The van der Waals surface area contributed by atoms with E-state index in [0.717, 1.165) is 11.4 Å². The van der Waals surface area contributed by atoms with Crippen molar-refractivity contribution in [3.8, 4) is 11.4 Å². The fourth-order valence-corrected chi connectivity index (χ4v) is 3.03. The molecule has 0 saturated heterocycles. The first-order valence-corrected chi connectivity index (χ1v) is 7.78. The van der Waals surface area contributed by atoms with Crippen LogP contribution in [0.2, 0.25) is 0 Å². The average Bonchev–Trinajstić information content (AvgIpc) is 3.30. The summed E-state index contributed by atoms with van der Waals surface area (Å²) in [6, 6.07) is 19.1. The van der Waals surface area contributed by atoms with Gasteiger partial charge in [0.25, 0.3) is 5.56 Å². The lowest BCUT2D eigenvalue weighted by Gasteiger charge is -2.09. The molecule has 7 heteroatoms. The molecular weight excluding hydrogens is 316 g/mol. The molecule has 0 atom stereocenters. The first kappa shape index (κ1) is 13.7. The Bertz CT molecular complexity index is 1250. The predicted molar refractivity (Wildman–Crippen MR) is 93.2 cm³/mol. The zero-order valence-electron chi connectivity index (χ0n) is 13.0. The predicted octanol–water partition coefficient (Wildman–Crippen LogP) is 2.22. The summed E-state index contributed by atoms with van der Waals surface area (Å²) >= 11 is 0. The minimum atomic E-state index is -0.177. The van der Waals surface area contributed by atoms with Crippen LogP contribution in [0.15, 0.2) is 78.0 Å². The van der Waals surface area contributed by atoms with Crippen molar-refractivity contribution in [1.82, 2.24) is 28.9 Å². The van der Waals surface area contributed by atoms with Crippen LogP contribution in [0.5, 0.6) is 0 Å². The molecule has 0 aliphatic carbocycles. The summed E-state index contributed by atoms with van der Waals surface area (Å²) < 4.78 is 5.05. The molecule has 0 saturated carbocycles. The summed E-state index contributed by atoms with van der Waals surface area (Å²) in [4.78, 5) is 13.1. The maximum Gasteiger partial charge on any atom is 0.270 e. The molecule has 2 aromatic carbocycles. The van der Waals surface area contributed by atoms with Gasteiger partial charge in [-0.05, 0) is 24.3 Å². The smallest absolute Gasteiger partial charge is 0.268 e. The molecule has 0 spiro atoms. The Morgan fingerprint density at radius 2 is 1.52 bits per heavy atom. The zero-order chi connectivity index (χ0) is 16.8. The van der Waals surface area contributed by atoms with Gasteiger partial charge in [0.15, 0.2) is 5.65 Å². The van der Waals surface area contributed by atoms with Crippen LogP contribution in [0.4, 0.5) is 0 Å². The summed E-state index contributed by atoms with van der Waals surface area (Å²) in [6.45, 7) is 0. The normalized spacial score (nSPS) is 11.4. The van der Waals surface area contributed by atoms with Gasteiger partial charge in [0, 0.05) is 0 Å². The number of aromatic nitrogens is 6. The van der Waals surface area contributed by atoms with E-state index in [1.165, 1.54) is 0 Å². The maximum absolute atomic E-state index is 13.1. The van der Waals surface area contributed by atoms with E-state index in [1.54, 1.807) is 26.2 Å². The van der Waals surface area contributed by atoms with E-state index in [-0.39, 0.29) is 5.56 Å². The second-order valence-electron chi connectivity index (χ2n) is 5.61. The summed E-state index contributed by atoms with van der Waals surface area (Å²) in [5.41, 5.74) is 2.07. The molecule has 120 valence electrons. The van der Waals surface area contributed by atoms with Gasteiger partial charge in [0.2, 0.25) is 5.78 Å². The van der Waals surface area contributed by atoms with Crippen LogP contribution in [0.3, 0.4) is 0 Å². The molecule has 3 heterocycles. The quantitative estimate of drug-likeness (QED) is 0.498. The Morgan fingerprint density at radius 1 is 0.840 bits per heavy atom. The third-order valence-electron chi connectivity index (χ3n) is 4.15. The number of fused-ring (bicyclic) bond motifs is 3. The molecule has 0 aliphatic heterocycles. The highest BCUT2D eigenvalue weighted by Gasteiger charge is 2.18. The summed E-state index contributed by atoms with van der Waals surface area (Å²) in [7, 11) is 0. The molecule has 0 radical (unpaired) electrons.